The molecule has 0 radical (unpaired) electrons. The first-order valence-electron chi connectivity index (χ1n) is 9.86. The standard InChI is InChI=1S/C22H24N4O4S/c1-6-31(28,29)15-7-8-19(30-21-13(2)24-26(5)14(21)3)17(11-15)18-12-25(4)20-16(18)9-10-23-22(20)27/h7-12H,6H2,1-5H3,(H,23,27). The second-order valence-electron chi connectivity index (χ2n) is 7.51. The minimum absolute atomic E-state index is 0.0112. The fourth-order valence-electron chi connectivity index (χ4n) is 3.76. The Bertz CT molecular complexity index is 1480. The van der Waals surface area contributed by atoms with Crippen molar-refractivity contribution in [2.45, 2.75) is 25.7 Å². The number of aromatic nitrogens is 4. The molecule has 3 heterocycles. The van der Waals surface area contributed by atoms with Gasteiger partial charge in [-0.15, -0.1) is 0 Å². The Balaban J connectivity index is 2.00. The van der Waals surface area contributed by atoms with Crippen LogP contribution in [0.4, 0.5) is 0 Å². The van der Waals surface area contributed by atoms with E-state index in [1.807, 2.05) is 27.1 Å². The molecule has 1 N–H and O–H groups in total. The van der Waals surface area contributed by atoms with Gasteiger partial charge in [-0.3, -0.25) is 9.48 Å². The molecule has 0 fully saturated rings. The van der Waals surface area contributed by atoms with Gasteiger partial charge in [-0.2, -0.15) is 5.10 Å². The molecular formula is C22H24N4O4S. The van der Waals surface area contributed by atoms with Crippen molar-refractivity contribution in [2.24, 2.45) is 14.1 Å². The summed E-state index contributed by atoms with van der Waals surface area (Å²) in [6.07, 6.45) is 3.39. The number of nitrogens with one attached hydrogen (secondary N) is 1. The van der Waals surface area contributed by atoms with Crippen LogP contribution in [0.5, 0.6) is 11.5 Å². The fourth-order valence-corrected chi connectivity index (χ4v) is 4.67. The zero-order valence-electron chi connectivity index (χ0n) is 18.1. The van der Waals surface area contributed by atoms with Crippen molar-refractivity contribution in [1.82, 2.24) is 19.3 Å². The van der Waals surface area contributed by atoms with Gasteiger partial charge in [0.1, 0.15) is 17.0 Å². The quantitative estimate of drug-likeness (QED) is 0.512. The van der Waals surface area contributed by atoms with E-state index in [1.165, 1.54) is 0 Å². The number of rotatable bonds is 5. The van der Waals surface area contributed by atoms with Crippen LogP contribution in [0.2, 0.25) is 0 Å². The summed E-state index contributed by atoms with van der Waals surface area (Å²) < 4.78 is 34.9. The first-order valence-corrected chi connectivity index (χ1v) is 11.5. The highest BCUT2D eigenvalue weighted by molar-refractivity contribution is 7.91. The summed E-state index contributed by atoms with van der Waals surface area (Å²) in [5, 5.41) is 5.10. The number of benzene rings is 1. The molecule has 0 bridgehead atoms. The van der Waals surface area contributed by atoms with Gasteiger partial charge in [-0.05, 0) is 38.1 Å². The van der Waals surface area contributed by atoms with E-state index in [0.29, 0.717) is 33.5 Å². The van der Waals surface area contributed by atoms with Crippen molar-refractivity contribution >= 4 is 20.7 Å². The van der Waals surface area contributed by atoms with Crippen molar-refractivity contribution in [3.63, 3.8) is 0 Å². The van der Waals surface area contributed by atoms with Crippen molar-refractivity contribution in [3.8, 4) is 22.6 Å². The minimum atomic E-state index is -3.43. The van der Waals surface area contributed by atoms with E-state index in [2.05, 4.69) is 10.1 Å². The molecular weight excluding hydrogens is 416 g/mol. The van der Waals surface area contributed by atoms with Crippen molar-refractivity contribution < 1.29 is 13.2 Å². The molecule has 0 aliphatic heterocycles. The van der Waals surface area contributed by atoms with Gasteiger partial charge < -0.3 is 14.3 Å². The van der Waals surface area contributed by atoms with E-state index in [-0.39, 0.29) is 16.2 Å². The molecule has 0 unspecified atom stereocenters. The third-order valence-corrected chi connectivity index (χ3v) is 7.27. The smallest absolute Gasteiger partial charge is 0.272 e. The third kappa shape index (κ3) is 3.44. The number of sulfone groups is 1. The topological polar surface area (TPSA) is 99.0 Å². The monoisotopic (exact) mass is 440 g/mol. The van der Waals surface area contributed by atoms with Gasteiger partial charge in [0.15, 0.2) is 15.6 Å². The predicted molar refractivity (Wildman–Crippen MR) is 119 cm³/mol. The molecule has 0 spiro atoms. The predicted octanol–water partition coefficient (Wildman–Crippen LogP) is 3.47. The lowest BCUT2D eigenvalue weighted by Gasteiger charge is -2.13. The van der Waals surface area contributed by atoms with Crippen LogP contribution < -0.4 is 10.3 Å². The number of hydrogen-bond donors (Lipinski definition) is 1. The normalized spacial score (nSPS) is 11.9. The van der Waals surface area contributed by atoms with Gasteiger partial charge >= 0.3 is 0 Å². The maximum absolute atomic E-state index is 12.6. The number of hydrogen-bond acceptors (Lipinski definition) is 5. The van der Waals surface area contributed by atoms with Gasteiger partial charge in [0, 0.05) is 43.0 Å². The molecule has 8 nitrogen and oxygen atoms in total. The van der Waals surface area contributed by atoms with E-state index in [0.717, 1.165) is 11.4 Å². The van der Waals surface area contributed by atoms with Crippen LogP contribution in [0.1, 0.15) is 18.3 Å². The third-order valence-electron chi connectivity index (χ3n) is 5.54. The highest BCUT2D eigenvalue weighted by Gasteiger charge is 2.21. The highest BCUT2D eigenvalue weighted by atomic mass is 32.2. The maximum atomic E-state index is 12.6. The number of fused-ring (bicyclic) bond motifs is 1. The lowest BCUT2D eigenvalue weighted by molar-refractivity contribution is 0.475. The summed E-state index contributed by atoms with van der Waals surface area (Å²) >= 11 is 0. The number of H-pyrrole nitrogens is 1. The van der Waals surface area contributed by atoms with Gasteiger partial charge in [-0.1, -0.05) is 6.92 Å². The van der Waals surface area contributed by atoms with Crippen LogP contribution >= 0.6 is 0 Å². The Hall–Kier alpha value is -3.33. The Kier molecular flexibility index (Phi) is 5.01. The minimum Gasteiger partial charge on any atom is -0.453 e. The average molecular weight is 441 g/mol. The van der Waals surface area contributed by atoms with Crippen LogP contribution in [-0.4, -0.2) is 33.5 Å². The molecule has 0 aliphatic rings. The number of nitrogens with zero attached hydrogens (tertiary/aromatic N) is 3. The van der Waals surface area contributed by atoms with Crippen LogP contribution in [0, 0.1) is 13.8 Å². The molecule has 4 rings (SSSR count). The molecule has 0 saturated carbocycles. The van der Waals surface area contributed by atoms with E-state index in [1.54, 1.807) is 53.7 Å². The van der Waals surface area contributed by atoms with Crippen LogP contribution in [-0.2, 0) is 23.9 Å². The first-order chi connectivity index (χ1) is 14.6. The summed E-state index contributed by atoms with van der Waals surface area (Å²) in [7, 11) is 0.187. The van der Waals surface area contributed by atoms with E-state index < -0.39 is 9.84 Å². The number of aromatic amines is 1. The SMILES string of the molecule is CCS(=O)(=O)c1ccc(Oc2c(C)nn(C)c2C)c(-c2cn(C)c3c(=O)[nH]ccc23)c1. The number of ether oxygens (including phenoxy) is 1. The van der Waals surface area contributed by atoms with Crippen LogP contribution in [0.3, 0.4) is 0 Å². The largest absolute Gasteiger partial charge is 0.453 e. The van der Waals surface area contributed by atoms with E-state index >= 15 is 0 Å². The fraction of sp³-hybridized carbons (Fsp3) is 0.273. The lowest BCUT2D eigenvalue weighted by atomic mass is 10.0. The van der Waals surface area contributed by atoms with Gasteiger partial charge in [0.05, 0.1) is 16.3 Å². The zero-order valence-corrected chi connectivity index (χ0v) is 18.9. The van der Waals surface area contributed by atoms with Crippen LogP contribution in [0.25, 0.3) is 22.0 Å². The lowest BCUT2D eigenvalue weighted by Crippen LogP contribution is -2.07. The van der Waals surface area contributed by atoms with E-state index in [9.17, 15) is 13.2 Å². The number of aryl methyl sites for hydroxylation is 3. The Labute approximate surface area is 180 Å². The molecule has 0 atom stereocenters. The molecule has 162 valence electrons. The summed E-state index contributed by atoms with van der Waals surface area (Å²) in [6.45, 7) is 5.37. The molecule has 4 aromatic rings. The van der Waals surface area contributed by atoms with Gasteiger partial charge in [0.2, 0.25) is 0 Å². The Morgan fingerprint density at radius 2 is 1.87 bits per heavy atom. The molecule has 0 saturated heterocycles. The Morgan fingerprint density at radius 3 is 2.52 bits per heavy atom. The molecule has 31 heavy (non-hydrogen) atoms. The summed E-state index contributed by atoms with van der Waals surface area (Å²) in [5.41, 5.74) is 3.17. The van der Waals surface area contributed by atoms with Crippen molar-refractivity contribution in [1.29, 1.82) is 0 Å². The van der Waals surface area contributed by atoms with Crippen molar-refractivity contribution in [2.75, 3.05) is 5.75 Å². The molecule has 9 heteroatoms. The molecule has 3 aromatic heterocycles. The first kappa shape index (κ1) is 20.9. The van der Waals surface area contributed by atoms with Gasteiger partial charge in [-0.25, -0.2) is 8.42 Å². The average Bonchev–Trinajstić information content (AvgIpc) is 3.20. The van der Waals surface area contributed by atoms with E-state index in [4.69, 9.17) is 4.74 Å². The number of pyridine rings is 1. The summed E-state index contributed by atoms with van der Waals surface area (Å²) in [5.74, 6) is 1.10. The highest BCUT2D eigenvalue weighted by Crippen LogP contribution is 2.40. The zero-order chi connectivity index (χ0) is 22.5. The maximum Gasteiger partial charge on any atom is 0.272 e. The molecule has 0 aliphatic carbocycles. The summed E-state index contributed by atoms with van der Waals surface area (Å²) in [6, 6.07) is 6.63. The van der Waals surface area contributed by atoms with Crippen LogP contribution in [0.15, 0.2) is 46.3 Å². The Morgan fingerprint density at radius 1 is 1.13 bits per heavy atom. The second kappa shape index (κ2) is 7.42. The van der Waals surface area contributed by atoms with Gasteiger partial charge in [0.25, 0.3) is 5.56 Å². The molecule has 1 aromatic carbocycles. The second-order valence-corrected chi connectivity index (χ2v) is 9.79. The summed E-state index contributed by atoms with van der Waals surface area (Å²) in [4.78, 5) is 15.3. The van der Waals surface area contributed by atoms with Crippen molar-refractivity contribution in [3.05, 3.63) is 58.4 Å². The molecule has 0 amide bonds.